The van der Waals surface area contributed by atoms with E-state index in [0.29, 0.717) is 30.4 Å². The summed E-state index contributed by atoms with van der Waals surface area (Å²) in [5.74, 6) is 0.533. The predicted octanol–water partition coefficient (Wildman–Crippen LogP) is 2.66. The third-order valence-corrected chi connectivity index (χ3v) is 3.82. The molecular formula is C19H20N2O4. The smallest absolute Gasteiger partial charge is 0.233 e. The van der Waals surface area contributed by atoms with E-state index in [0.717, 1.165) is 5.56 Å². The number of hydrogen-bond donors (Lipinski definition) is 2. The van der Waals surface area contributed by atoms with Crippen LogP contribution in [0, 0.1) is 0 Å². The molecule has 2 aromatic carbocycles. The quantitative estimate of drug-likeness (QED) is 0.821. The summed E-state index contributed by atoms with van der Waals surface area (Å²) < 4.78 is 10.9. The summed E-state index contributed by atoms with van der Waals surface area (Å²) >= 11 is 0. The third kappa shape index (κ3) is 4.50. The molecule has 2 aromatic rings. The second-order valence-corrected chi connectivity index (χ2v) is 5.78. The highest BCUT2D eigenvalue weighted by atomic mass is 16.6. The van der Waals surface area contributed by atoms with E-state index >= 15 is 0 Å². The van der Waals surface area contributed by atoms with Gasteiger partial charge in [-0.05, 0) is 24.6 Å². The molecule has 6 heteroatoms. The number of rotatable bonds is 5. The minimum atomic E-state index is -0.380. The normalized spacial score (nSPS) is 13.6. The first-order valence-electron chi connectivity index (χ1n) is 8.15. The van der Waals surface area contributed by atoms with E-state index in [2.05, 4.69) is 10.6 Å². The van der Waals surface area contributed by atoms with Gasteiger partial charge in [-0.15, -0.1) is 0 Å². The maximum Gasteiger partial charge on any atom is 0.233 e. The predicted molar refractivity (Wildman–Crippen MR) is 93.7 cm³/mol. The minimum absolute atomic E-state index is 0.157. The summed E-state index contributed by atoms with van der Waals surface area (Å²) in [6.45, 7) is 2.87. The van der Waals surface area contributed by atoms with Crippen LogP contribution >= 0.6 is 0 Å². The van der Waals surface area contributed by atoms with E-state index < -0.39 is 0 Å². The van der Waals surface area contributed by atoms with Gasteiger partial charge in [0.2, 0.25) is 11.8 Å². The van der Waals surface area contributed by atoms with Crippen molar-refractivity contribution in [3.63, 3.8) is 0 Å². The van der Waals surface area contributed by atoms with Crippen molar-refractivity contribution in [3.8, 4) is 11.5 Å². The summed E-state index contributed by atoms with van der Waals surface area (Å²) in [6.07, 6.45) is -0.244. The molecule has 1 aliphatic heterocycles. The number of nitrogens with one attached hydrogen (secondary N) is 2. The Morgan fingerprint density at radius 1 is 1.00 bits per heavy atom. The molecule has 3 rings (SSSR count). The zero-order valence-electron chi connectivity index (χ0n) is 14.0. The van der Waals surface area contributed by atoms with E-state index in [1.807, 2.05) is 37.3 Å². The second-order valence-electron chi connectivity index (χ2n) is 5.78. The molecule has 0 bridgehead atoms. The Balaban J connectivity index is 1.53. The number of ether oxygens (including phenoxy) is 2. The van der Waals surface area contributed by atoms with Crippen LogP contribution in [0.3, 0.4) is 0 Å². The van der Waals surface area contributed by atoms with Gasteiger partial charge in [0.05, 0.1) is 6.04 Å². The SMILES string of the molecule is CC(NC(=O)CC(=O)Nc1ccc2c(c1)OCCO2)c1ccccc1. The Morgan fingerprint density at radius 2 is 1.72 bits per heavy atom. The van der Waals surface area contributed by atoms with E-state index in [1.54, 1.807) is 18.2 Å². The van der Waals surface area contributed by atoms with Crippen LogP contribution in [0.15, 0.2) is 48.5 Å². The van der Waals surface area contributed by atoms with Gasteiger partial charge in [-0.1, -0.05) is 30.3 Å². The van der Waals surface area contributed by atoms with Gasteiger partial charge in [0.15, 0.2) is 11.5 Å². The lowest BCUT2D eigenvalue weighted by Crippen LogP contribution is -2.30. The standard InChI is InChI=1S/C19H20N2O4/c1-13(14-5-3-2-4-6-14)20-18(22)12-19(23)21-15-7-8-16-17(11-15)25-10-9-24-16/h2-8,11,13H,9-10,12H2,1H3,(H,20,22)(H,21,23). The lowest BCUT2D eigenvalue weighted by Gasteiger charge is -2.19. The average Bonchev–Trinajstić information content (AvgIpc) is 2.62. The van der Waals surface area contributed by atoms with Crippen molar-refractivity contribution < 1.29 is 19.1 Å². The van der Waals surface area contributed by atoms with Gasteiger partial charge in [0.1, 0.15) is 19.6 Å². The molecule has 2 N–H and O–H groups in total. The molecule has 2 amide bonds. The average molecular weight is 340 g/mol. The number of amides is 2. The van der Waals surface area contributed by atoms with Crippen LogP contribution < -0.4 is 20.1 Å². The fourth-order valence-corrected chi connectivity index (χ4v) is 2.59. The minimum Gasteiger partial charge on any atom is -0.486 e. The zero-order chi connectivity index (χ0) is 17.6. The van der Waals surface area contributed by atoms with Crippen LogP contribution in [0.5, 0.6) is 11.5 Å². The molecule has 0 spiro atoms. The number of fused-ring (bicyclic) bond motifs is 1. The van der Waals surface area contributed by atoms with E-state index in [-0.39, 0.29) is 24.3 Å². The monoisotopic (exact) mass is 340 g/mol. The highest BCUT2D eigenvalue weighted by molar-refractivity contribution is 6.03. The second kappa shape index (κ2) is 7.70. The van der Waals surface area contributed by atoms with Gasteiger partial charge in [0.25, 0.3) is 0 Å². The molecule has 1 heterocycles. The van der Waals surface area contributed by atoms with Crippen molar-refractivity contribution in [2.45, 2.75) is 19.4 Å². The number of carbonyl (C=O) groups is 2. The fourth-order valence-electron chi connectivity index (χ4n) is 2.59. The molecule has 0 radical (unpaired) electrons. The molecule has 0 saturated carbocycles. The lowest BCUT2D eigenvalue weighted by molar-refractivity contribution is -0.127. The van der Waals surface area contributed by atoms with Crippen LogP contribution in [0.25, 0.3) is 0 Å². The first-order valence-corrected chi connectivity index (χ1v) is 8.15. The Labute approximate surface area is 146 Å². The topological polar surface area (TPSA) is 76.7 Å². The van der Waals surface area contributed by atoms with Gasteiger partial charge < -0.3 is 20.1 Å². The summed E-state index contributed by atoms with van der Waals surface area (Å²) in [5.41, 5.74) is 1.56. The number of hydrogen-bond acceptors (Lipinski definition) is 4. The third-order valence-electron chi connectivity index (χ3n) is 3.82. The maximum atomic E-state index is 12.1. The van der Waals surface area contributed by atoms with Crippen LogP contribution in [0.4, 0.5) is 5.69 Å². The first kappa shape index (κ1) is 16.8. The molecule has 1 atom stereocenters. The molecule has 0 fully saturated rings. The Morgan fingerprint density at radius 3 is 2.48 bits per heavy atom. The van der Waals surface area contributed by atoms with E-state index in [9.17, 15) is 9.59 Å². The van der Waals surface area contributed by atoms with Crippen molar-refractivity contribution in [3.05, 3.63) is 54.1 Å². The van der Waals surface area contributed by atoms with Gasteiger partial charge in [-0.25, -0.2) is 0 Å². The van der Waals surface area contributed by atoms with E-state index in [4.69, 9.17) is 9.47 Å². The van der Waals surface area contributed by atoms with Crippen molar-refractivity contribution in [1.29, 1.82) is 0 Å². The zero-order valence-corrected chi connectivity index (χ0v) is 14.0. The first-order chi connectivity index (χ1) is 12.1. The lowest BCUT2D eigenvalue weighted by atomic mass is 10.1. The number of benzene rings is 2. The van der Waals surface area contributed by atoms with Gasteiger partial charge in [0, 0.05) is 11.8 Å². The van der Waals surface area contributed by atoms with Crippen LogP contribution in [0.1, 0.15) is 24.9 Å². The molecule has 130 valence electrons. The maximum absolute atomic E-state index is 12.1. The molecular weight excluding hydrogens is 320 g/mol. The van der Waals surface area contributed by atoms with Crippen molar-refractivity contribution in [1.82, 2.24) is 5.32 Å². The summed E-state index contributed by atoms with van der Waals surface area (Å²) in [5, 5.41) is 5.52. The highest BCUT2D eigenvalue weighted by Crippen LogP contribution is 2.32. The van der Waals surface area contributed by atoms with E-state index in [1.165, 1.54) is 0 Å². The number of anilines is 1. The summed E-state index contributed by atoms with van der Waals surface area (Å²) in [7, 11) is 0. The highest BCUT2D eigenvalue weighted by Gasteiger charge is 2.15. The Hall–Kier alpha value is -3.02. The Bertz CT molecular complexity index is 761. The largest absolute Gasteiger partial charge is 0.486 e. The molecule has 1 aliphatic rings. The molecule has 6 nitrogen and oxygen atoms in total. The summed E-state index contributed by atoms with van der Waals surface area (Å²) in [6, 6.07) is 14.6. The number of carbonyl (C=O) groups excluding carboxylic acids is 2. The molecule has 25 heavy (non-hydrogen) atoms. The van der Waals surface area contributed by atoms with Crippen molar-refractivity contribution >= 4 is 17.5 Å². The molecule has 0 saturated heterocycles. The molecule has 1 unspecified atom stereocenters. The van der Waals surface area contributed by atoms with Crippen molar-refractivity contribution in [2.24, 2.45) is 0 Å². The fraction of sp³-hybridized carbons (Fsp3) is 0.263. The van der Waals surface area contributed by atoms with Gasteiger partial charge in [-0.2, -0.15) is 0 Å². The summed E-state index contributed by atoms with van der Waals surface area (Å²) in [4.78, 5) is 24.1. The molecule has 0 aromatic heterocycles. The van der Waals surface area contributed by atoms with Crippen LogP contribution in [0.2, 0.25) is 0 Å². The van der Waals surface area contributed by atoms with Crippen molar-refractivity contribution in [2.75, 3.05) is 18.5 Å². The van der Waals surface area contributed by atoms with Gasteiger partial charge >= 0.3 is 0 Å². The Kier molecular flexibility index (Phi) is 5.18. The van der Waals surface area contributed by atoms with Crippen LogP contribution in [-0.2, 0) is 9.59 Å². The van der Waals surface area contributed by atoms with Crippen LogP contribution in [-0.4, -0.2) is 25.0 Å². The molecule has 0 aliphatic carbocycles. The van der Waals surface area contributed by atoms with Gasteiger partial charge in [-0.3, -0.25) is 9.59 Å².